The lowest BCUT2D eigenvalue weighted by atomic mass is 10.0. The van der Waals surface area contributed by atoms with Crippen LogP contribution in [0.3, 0.4) is 0 Å². The maximum atomic E-state index is 10.8. The molecule has 0 heterocycles. The maximum absolute atomic E-state index is 10.8. The van der Waals surface area contributed by atoms with Crippen LogP contribution in [0.15, 0.2) is 23.9 Å². The Kier molecular flexibility index (Phi) is 3.82. The van der Waals surface area contributed by atoms with E-state index in [-0.39, 0.29) is 16.5 Å². The molecular weight excluding hydrogens is 202 g/mol. The van der Waals surface area contributed by atoms with Crippen LogP contribution in [0.4, 0.5) is 0 Å². The highest BCUT2D eigenvalue weighted by atomic mass is 16.6. The number of benzene rings is 1. The van der Waals surface area contributed by atoms with Crippen LogP contribution in [-0.2, 0) is 0 Å². The Balaban J connectivity index is 3.13. The standard InChI is InChI=1S/C13H17NO2/c1-9(2)13(14(15)16)8-12-6-5-10(3)11(4)7-12/h5-9H,1-4H3/b13-8-. The van der Waals surface area contributed by atoms with Gasteiger partial charge in [0.25, 0.3) is 0 Å². The second-order valence-electron chi connectivity index (χ2n) is 4.32. The van der Waals surface area contributed by atoms with Crippen molar-refractivity contribution in [2.24, 2.45) is 5.92 Å². The van der Waals surface area contributed by atoms with Gasteiger partial charge in [0, 0.05) is 12.0 Å². The van der Waals surface area contributed by atoms with E-state index in [1.807, 2.05) is 45.9 Å². The van der Waals surface area contributed by atoms with Crippen LogP contribution >= 0.6 is 0 Å². The molecule has 0 aliphatic carbocycles. The summed E-state index contributed by atoms with van der Waals surface area (Å²) in [6.07, 6.45) is 1.65. The molecule has 0 saturated heterocycles. The van der Waals surface area contributed by atoms with Gasteiger partial charge in [-0.1, -0.05) is 32.0 Å². The van der Waals surface area contributed by atoms with Gasteiger partial charge in [-0.05, 0) is 30.5 Å². The first-order valence-electron chi connectivity index (χ1n) is 5.35. The number of hydrogen-bond donors (Lipinski definition) is 0. The minimum Gasteiger partial charge on any atom is -0.259 e. The summed E-state index contributed by atoms with van der Waals surface area (Å²) in [5, 5.41) is 10.8. The van der Waals surface area contributed by atoms with E-state index in [2.05, 4.69) is 0 Å². The lowest BCUT2D eigenvalue weighted by Gasteiger charge is -2.04. The van der Waals surface area contributed by atoms with E-state index in [0.717, 1.165) is 11.1 Å². The zero-order valence-corrected chi connectivity index (χ0v) is 10.2. The Morgan fingerprint density at radius 2 is 1.94 bits per heavy atom. The van der Waals surface area contributed by atoms with Crippen LogP contribution in [0, 0.1) is 29.9 Å². The highest BCUT2D eigenvalue weighted by Gasteiger charge is 2.15. The quantitative estimate of drug-likeness (QED) is 0.576. The number of nitrogens with zero attached hydrogens (tertiary/aromatic N) is 1. The van der Waals surface area contributed by atoms with Gasteiger partial charge in [0.1, 0.15) is 0 Å². The number of hydrogen-bond acceptors (Lipinski definition) is 2. The third-order valence-corrected chi connectivity index (χ3v) is 2.65. The maximum Gasteiger partial charge on any atom is 0.249 e. The molecule has 0 aromatic heterocycles. The van der Waals surface area contributed by atoms with E-state index in [1.165, 1.54) is 5.56 Å². The van der Waals surface area contributed by atoms with Gasteiger partial charge in [0.05, 0.1) is 4.92 Å². The zero-order valence-electron chi connectivity index (χ0n) is 10.2. The fourth-order valence-corrected chi connectivity index (χ4v) is 1.46. The van der Waals surface area contributed by atoms with E-state index in [4.69, 9.17) is 0 Å². The van der Waals surface area contributed by atoms with Gasteiger partial charge < -0.3 is 0 Å². The molecule has 0 bridgehead atoms. The summed E-state index contributed by atoms with van der Waals surface area (Å²) in [5.74, 6) is -0.0726. The molecule has 86 valence electrons. The van der Waals surface area contributed by atoms with Gasteiger partial charge in [-0.25, -0.2) is 0 Å². The number of rotatable bonds is 3. The van der Waals surface area contributed by atoms with Crippen molar-refractivity contribution < 1.29 is 4.92 Å². The largest absolute Gasteiger partial charge is 0.259 e. The third kappa shape index (κ3) is 2.92. The highest BCUT2D eigenvalue weighted by Crippen LogP contribution is 2.17. The van der Waals surface area contributed by atoms with E-state index in [0.29, 0.717) is 0 Å². The van der Waals surface area contributed by atoms with Gasteiger partial charge in [-0.15, -0.1) is 0 Å². The normalized spacial score (nSPS) is 11.9. The molecule has 0 amide bonds. The topological polar surface area (TPSA) is 43.1 Å². The van der Waals surface area contributed by atoms with Crippen LogP contribution in [0.2, 0.25) is 0 Å². The molecule has 3 nitrogen and oxygen atoms in total. The summed E-state index contributed by atoms with van der Waals surface area (Å²) >= 11 is 0. The monoisotopic (exact) mass is 219 g/mol. The predicted molar refractivity (Wildman–Crippen MR) is 65.7 cm³/mol. The molecule has 1 aromatic rings. The molecular formula is C13H17NO2. The van der Waals surface area contributed by atoms with E-state index in [1.54, 1.807) is 6.08 Å². The number of aryl methyl sites for hydroxylation is 2. The molecule has 16 heavy (non-hydrogen) atoms. The van der Waals surface area contributed by atoms with Crippen molar-refractivity contribution in [1.82, 2.24) is 0 Å². The third-order valence-electron chi connectivity index (χ3n) is 2.65. The van der Waals surface area contributed by atoms with Crippen LogP contribution in [-0.4, -0.2) is 4.92 Å². The Hall–Kier alpha value is -1.64. The summed E-state index contributed by atoms with van der Waals surface area (Å²) in [4.78, 5) is 10.5. The molecule has 0 aliphatic heterocycles. The first-order valence-corrected chi connectivity index (χ1v) is 5.35. The van der Waals surface area contributed by atoms with Gasteiger partial charge in [-0.3, -0.25) is 10.1 Å². The average Bonchev–Trinajstić information content (AvgIpc) is 2.18. The van der Waals surface area contributed by atoms with Gasteiger partial charge >= 0.3 is 0 Å². The molecule has 1 aromatic carbocycles. The molecule has 0 N–H and O–H groups in total. The van der Waals surface area contributed by atoms with E-state index in [9.17, 15) is 10.1 Å². The molecule has 0 unspecified atom stereocenters. The van der Waals surface area contributed by atoms with Crippen molar-refractivity contribution >= 4 is 6.08 Å². The Bertz CT molecular complexity index is 434. The van der Waals surface area contributed by atoms with Gasteiger partial charge in [0.15, 0.2) is 0 Å². The van der Waals surface area contributed by atoms with Crippen molar-refractivity contribution in [2.45, 2.75) is 27.7 Å². The molecule has 0 spiro atoms. The van der Waals surface area contributed by atoms with Crippen LogP contribution in [0.1, 0.15) is 30.5 Å². The first-order chi connectivity index (χ1) is 7.41. The summed E-state index contributed by atoms with van der Waals surface area (Å²) in [6, 6.07) is 5.87. The van der Waals surface area contributed by atoms with Crippen molar-refractivity contribution in [3.63, 3.8) is 0 Å². The van der Waals surface area contributed by atoms with Gasteiger partial charge in [-0.2, -0.15) is 0 Å². The van der Waals surface area contributed by atoms with E-state index < -0.39 is 0 Å². The van der Waals surface area contributed by atoms with Crippen molar-refractivity contribution in [2.75, 3.05) is 0 Å². The lowest BCUT2D eigenvalue weighted by molar-refractivity contribution is -0.431. The summed E-state index contributed by atoms with van der Waals surface area (Å²) < 4.78 is 0. The molecule has 0 saturated carbocycles. The van der Waals surface area contributed by atoms with Crippen LogP contribution < -0.4 is 0 Å². The fraction of sp³-hybridized carbons (Fsp3) is 0.385. The Morgan fingerprint density at radius 1 is 1.31 bits per heavy atom. The molecule has 0 atom stereocenters. The predicted octanol–water partition coefficient (Wildman–Crippen LogP) is 3.58. The second kappa shape index (κ2) is 4.92. The molecule has 3 heteroatoms. The molecule has 0 fully saturated rings. The van der Waals surface area contributed by atoms with Crippen LogP contribution in [0.25, 0.3) is 6.08 Å². The number of nitro groups is 1. The molecule has 1 rings (SSSR count). The SMILES string of the molecule is Cc1ccc(/C=C(/C(C)C)[N+](=O)[O-])cc1C. The van der Waals surface area contributed by atoms with Crippen molar-refractivity contribution in [3.05, 3.63) is 50.7 Å². The molecule has 0 aliphatic rings. The van der Waals surface area contributed by atoms with E-state index >= 15 is 0 Å². The Morgan fingerprint density at radius 3 is 2.38 bits per heavy atom. The number of allylic oxidation sites excluding steroid dienone is 1. The molecule has 0 radical (unpaired) electrons. The van der Waals surface area contributed by atoms with Crippen LogP contribution in [0.5, 0.6) is 0 Å². The van der Waals surface area contributed by atoms with Gasteiger partial charge in [0.2, 0.25) is 5.70 Å². The zero-order chi connectivity index (χ0) is 12.3. The minimum atomic E-state index is -0.306. The Labute approximate surface area is 95.9 Å². The lowest BCUT2D eigenvalue weighted by Crippen LogP contribution is -2.05. The summed E-state index contributed by atoms with van der Waals surface area (Å²) in [5.41, 5.74) is 3.50. The summed E-state index contributed by atoms with van der Waals surface area (Å²) in [7, 11) is 0. The average molecular weight is 219 g/mol. The van der Waals surface area contributed by atoms with Crippen molar-refractivity contribution in [3.8, 4) is 0 Å². The highest BCUT2D eigenvalue weighted by molar-refractivity contribution is 5.53. The first kappa shape index (κ1) is 12.4. The minimum absolute atomic E-state index is 0.0726. The van der Waals surface area contributed by atoms with Crippen molar-refractivity contribution in [1.29, 1.82) is 0 Å². The smallest absolute Gasteiger partial charge is 0.249 e. The summed E-state index contributed by atoms with van der Waals surface area (Å²) in [6.45, 7) is 7.69. The second-order valence-corrected chi connectivity index (χ2v) is 4.32. The fourth-order valence-electron chi connectivity index (χ4n) is 1.46.